The van der Waals surface area contributed by atoms with Gasteiger partial charge in [-0.25, -0.2) is 0 Å². The van der Waals surface area contributed by atoms with Crippen LogP contribution in [0, 0.1) is 0 Å². The highest BCUT2D eigenvalue weighted by Gasteiger charge is 2.26. The average Bonchev–Trinajstić information content (AvgIpc) is 1.99. The Morgan fingerprint density at radius 2 is 2.08 bits per heavy atom. The van der Waals surface area contributed by atoms with Crippen molar-refractivity contribution in [1.29, 1.82) is 0 Å². The van der Waals surface area contributed by atoms with Gasteiger partial charge in [-0.1, -0.05) is 0 Å². The van der Waals surface area contributed by atoms with E-state index in [9.17, 15) is 9.90 Å². The first-order valence-electron chi connectivity index (χ1n) is 4.31. The molecule has 3 N–H and O–H groups in total. The molecule has 1 rings (SSSR count). The van der Waals surface area contributed by atoms with Crippen LogP contribution in [-0.2, 0) is 9.53 Å². The summed E-state index contributed by atoms with van der Waals surface area (Å²) in [5.74, 6) is -0.891. The molecule has 1 aliphatic rings. The van der Waals surface area contributed by atoms with E-state index in [0.29, 0.717) is 12.8 Å². The maximum absolute atomic E-state index is 10.2. The lowest BCUT2D eigenvalue weighted by molar-refractivity contribution is -0.191. The van der Waals surface area contributed by atoms with Crippen LogP contribution in [0.4, 0.5) is 0 Å². The van der Waals surface area contributed by atoms with E-state index in [2.05, 4.69) is 0 Å². The molecule has 3 atom stereocenters. The fourth-order valence-electron chi connectivity index (χ4n) is 1.44. The van der Waals surface area contributed by atoms with Crippen molar-refractivity contribution in [2.75, 3.05) is 0 Å². The van der Waals surface area contributed by atoms with Crippen LogP contribution in [0.2, 0.25) is 0 Å². The van der Waals surface area contributed by atoms with Crippen molar-refractivity contribution in [3.05, 3.63) is 0 Å². The third-order valence-corrected chi connectivity index (χ3v) is 2.04. The van der Waals surface area contributed by atoms with Crippen LogP contribution >= 0.6 is 0 Å². The number of aliphatic carboxylic acids is 1. The van der Waals surface area contributed by atoms with Crippen LogP contribution in [-0.4, -0.2) is 39.8 Å². The van der Waals surface area contributed by atoms with Crippen LogP contribution in [0.1, 0.15) is 25.7 Å². The number of aliphatic hydroxyl groups is 2. The number of hydrogen-bond donors (Lipinski definition) is 3. The van der Waals surface area contributed by atoms with Crippen LogP contribution in [0.3, 0.4) is 0 Å². The summed E-state index contributed by atoms with van der Waals surface area (Å²) in [6, 6.07) is 0. The summed E-state index contributed by atoms with van der Waals surface area (Å²) in [6.07, 6.45) is -0.915. The Bertz CT molecular complexity index is 171. The molecule has 0 spiro atoms. The molecule has 0 aromatic carbocycles. The summed E-state index contributed by atoms with van der Waals surface area (Å²) in [5, 5.41) is 26.7. The predicted molar refractivity (Wildman–Crippen MR) is 43.0 cm³/mol. The number of carbonyl (C=O) groups is 1. The molecule has 0 bridgehead atoms. The molecule has 5 nitrogen and oxygen atoms in total. The Balaban J connectivity index is 2.28. The Hall–Kier alpha value is -0.650. The molecule has 1 heterocycles. The second kappa shape index (κ2) is 4.55. The summed E-state index contributed by atoms with van der Waals surface area (Å²) in [7, 11) is 0. The monoisotopic (exact) mass is 190 g/mol. The molecule has 1 fully saturated rings. The highest BCUT2D eigenvalue weighted by Crippen LogP contribution is 2.21. The van der Waals surface area contributed by atoms with Crippen molar-refractivity contribution < 1.29 is 24.9 Å². The van der Waals surface area contributed by atoms with Crippen molar-refractivity contribution in [1.82, 2.24) is 0 Å². The van der Waals surface area contributed by atoms with Crippen LogP contribution in [0.15, 0.2) is 0 Å². The molecule has 76 valence electrons. The van der Waals surface area contributed by atoms with E-state index in [1.54, 1.807) is 0 Å². The van der Waals surface area contributed by atoms with E-state index in [1.807, 2.05) is 0 Å². The van der Waals surface area contributed by atoms with Gasteiger partial charge in [-0.15, -0.1) is 0 Å². The molecular weight excluding hydrogens is 176 g/mol. The molecular formula is C8H14O5. The first-order chi connectivity index (χ1) is 6.08. The number of hydrogen-bond acceptors (Lipinski definition) is 4. The van der Waals surface area contributed by atoms with Gasteiger partial charge in [-0.3, -0.25) is 4.79 Å². The third-order valence-electron chi connectivity index (χ3n) is 2.04. The summed E-state index contributed by atoms with van der Waals surface area (Å²) in [5.41, 5.74) is 0. The van der Waals surface area contributed by atoms with Crippen LogP contribution < -0.4 is 0 Å². The van der Waals surface area contributed by atoms with Gasteiger partial charge < -0.3 is 20.1 Å². The molecule has 1 saturated heterocycles. The minimum absolute atomic E-state index is 0.00407. The van der Waals surface area contributed by atoms with Crippen molar-refractivity contribution in [3.8, 4) is 0 Å². The third kappa shape index (κ3) is 3.71. The molecule has 5 heteroatoms. The molecule has 0 aromatic rings. The minimum Gasteiger partial charge on any atom is -0.481 e. The van der Waals surface area contributed by atoms with Crippen molar-refractivity contribution in [3.63, 3.8) is 0 Å². The molecule has 1 aliphatic heterocycles. The lowest BCUT2D eigenvalue weighted by Crippen LogP contribution is -2.35. The smallest absolute Gasteiger partial charge is 0.303 e. The van der Waals surface area contributed by atoms with Crippen LogP contribution in [0.5, 0.6) is 0 Å². The zero-order valence-corrected chi connectivity index (χ0v) is 7.22. The molecule has 0 amide bonds. The van der Waals surface area contributed by atoms with Gasteiger partial charge in [0.15, 0.2) is 6.29 Å². The number of rotatable bonds is 3. The Labute approximate surface area is 75.9 Å². The van der Waals surface area contributed by atoms with Gasteiger partial charge in [-0.05, 0) is 12.8 Å². The topological polar surface area (TPSA) is 87.0 Å². The molecule has 0 aliphatic carbocycles. The van der Waals surface area contributed by atoms with Crippen molar-refractivity contribution in [2.24, 2.45) is 0 Å². The highest BCUT2D eigenvalue weighted by molar-refractivity contribution is 5.66. The van der Waals surface area contributed by atoms with Gasteiger partial charge in [0.25, 0.3) is 0 Å². The second-order valence-corrected chi connectivity index (χ2v) is 3.27. The largest absolute Gasteiger partial charge is 0.481 e. The zero-order valence-electron chi connectivity index (χ0n) is 7.22. The Morgan fingerprint density at radius 3 is 2.62 bits per heavy atom. The lowest BCUT2D eigenvalue weighted by Gasteiger charge is -2.29. The van der Waals surface area contributed by atoms with Gasteiger partial charge in [0.1, 0.15) is 0 Å². The predicted octanol–water partition coefficient (Wildman–Crippen LogP) is -0.290. The summed E-state index contributed by atoms with van der Waals surface area (Å²) in [6.45, 7) is 0. The van der Waals surface area contributed by atoms with E-state index in [0.717, 1.165) is 0 Å². The number of carboxylic acid groups (broad SMARTS) is 1. The van der Waals surface area contributed by atoms with Gasteiger partial charge >= 0.3 is 5.97 Å². The lowest BCUT2D eigenvalue weighted by atomic mass is 10.0. The standard InChI is InChI=1S/C8H14O5/c9-5-3-6(1-2-7(10)11)13-8(12)4-5/h5-6,8-9,12H,1-4H2,(H,10,11)/t5-,6-,8-/m1/s1. The summed E-state index contributed by atoms with van der Waals surface area (Å²) < 4.78 is 5.04. The van der Waals surface area contributed by atoms with Gasteiger partial charge in [0.2, 0.25) is 0 Å². The number of aliphatic hydroxyl groups excluding tert-OH is 2. The fourth-order valence-corrected chi connectivity index (χ4v) is 1.44. The minimum atomic E-state index is -0.956. The van der Waals surface area contributed by atoms with Crippen molar-refractivity contribution >= 4 is 5.97 Å². The van der Waals surface area contributed by atoms with Crippen molar-refractivity contribution in [2.45, 2.75) is 44.2 Å². The number of carboxylic acids is 1. The Morgan fingerprint density at radius 1 is 1.38 bits per heavy atom. The first-order valence-corrected chi connectivity index (χ1v) is 4.31. The van der Waals surface area contributed by atoms with E-state index < -0.39 is 18.4 Å². The van der Waals surface area contributed by atoms with Gasteiger partial charge in [-0.2, -0.15) is 0 Å². The molecule has 0 aromatic heterocycles. The maximum atomic E-state index is 10.2. The molecule has 0 radical (unpaired) electrons. The van der Waals surface area contributed by atoms with E-state index in [4.69, 9.17) is 14.9 Å². The summed E-state index contributed by atoms with van der Waals surface area (Å²) in [4.78, 5) is 10.2. The maximum Gasteiger partial charge on any atom is 0.303 e. The Kier molecular flexibility index (Phi) is 3.65. The highest BCUT2D eigenvalue weighted by atomic mass is 16.6. The number of ether oxygens (including phenoxy) is 1. The van der Waals surface area contributed by atoms with E-state index in [1.165, 1.54) is 0 Å². The van der Waals surface area contributed by atoms with E-state index >= 15 is 0 Å². The average molecular weight is 190 g/mol. The zero-order chi connectivity index (χ0) is 9.84. The SMILES string of the molecule is O=C(O)CC[C@@H]1C[C@@H](O)C[C@H](O)O1. The molecule has 0 saturated carbocycles. The normalized spacial score (nSPS) is 34.5. The molecule has 0 unspecified atom stereocenters. The quantitative estimate of drug-likeness (QED) is 0.569. The second-order valence-electron chi connectivity index (χ2n) is 3.27. The molecule has 13 heavy (non-hydrogen) atoms. The van der Waals surface area contributed by atoms with Crippen LogP contribution in [0.25, 0.3) is 0 Å². The first kappa shape index (κ1) is 10.4. The van der Waals surface area contributed by atoms with Gasteiger partial charge in [0.05, 0.1) is 12.2 Å². The van der Waals surface area contributed by atoms with E-state index in [-0.39, 0.29) is 18.9 Å². The summed E-state index contributed by atoms with van der Waals surface area (Å²) >= 11 is 0. The van der Waals surface area contributed by atoms with Gasteiger partial charge in [0, 0.05) is 12.8 Å². The fraction of sp³-hybridized carbons (Fsp3) is 0.875.